The molecular weight excluding hydrogens is 319 g/mol. The molecule has 0 aliphatic carbocycles. The quantitative estimate of drug-likeness (QED) is 0.737. The van der Waals surface area contributed by atoms with Crippen LogP contribution in [0, 0.1) is 5.82 Å². The third kappa shape index (κ3) is 3.03. The number of hydrogen-bond acceptors (Lipinski definition) is 3. The summed E-state index contributed by atoms with van der Waals surface area (Å²) < 4.78 is 15.2. The monoisotopic (exact) mass is 336 g/mol. The van der Waals surface area contributed by atoms with Crippen LogP contribution in [0.5, 0.6) is 0 Å². The molecule has 0 bridgehead atoms. The molecule has 6 heteroatoms. The molecule has 3 aromatic rings. The fourth-order valence-electron chi connectivity index (χ4n) is 3.29. The molecule has 0 radical (unpaired) electrons. The highest BCUT2D eigenvalue weighted by Gasteiger charge is 2.31. The van der Waals surface area contributed by atoms with Gasteiger partial charge in [-0.15, -0.1) is 0 Å². The molecule has 1 aliphatic heterocycles. The number of hydrogen-bond donors (Lipinski definition) is 0. The Labute approximate surface area is 144 Å². The van der Waals surface area contributed by atoms with Gasteiger partial charge in [-0.1, -0.05) is 18.2 Å². The molecule has 0 N–H and O–H groups in total. The second-order valence-corrected chi connectivity index (χ2v) is 6.04. The number of rotatable bonds is 3. The van der Waals surface area contributed by atoms with Crippen molar-refractivity contribution in [2.24, 2.45) is 0 Å². The van der Waals surface area contributed by atoms with Crippen molar-refractivity contribution >= 4 is 5.91 Å². The van der Waals surface area contributed by atoms with Gasteiger partial charge in [-0.2, -0.15) is 5.10 Å². The first-order chi connectivity index (χ1) is 12.2. The smallest absolute Gasteiger partial charge is 0.273 e. The summed E-state index contributed by atoms with van der Waals surface area (Å²) in [5, 5.41) is 4.14. The lowest BCUT2D eigenvalue weighted by molar-refractivity contribution is 0.0729. The minimum atomic E-state index is -0.282. The summed E-state index contributed by atoms with van der Waals surface area (Å²) in [5.41, 5.74) is 1.20. The van der Waals surface area contributed by atoms with Gasteiger partial charge in [0.05, 0.1) is 6.04 Å². The second-order valence-electron chi connectivity index (χ2n) is 6.04. The average molecular weight is 336 g/mol. The summed E-state index contributed by atoms with van der Waals surface area (Å²) in [4.78, 5) is 19.2. The second kappa shape index (κ2) is 6.47. The zero-order valence-electron chi connectivity index (χ0n) is 13.5. The van der Waals surface area contributed by atoms with Crippen molar-refractivity contribution in [1.82, 2.24) is 19.7 Å². The predicted molar refractivity (Wildman–Crippen MR) is 90.8 cm³/mol. The number of benzene rings is 1. The number of nitrogens with zero attached hydrogens (tertiary/aromatic N) is 4. The number of likely N-dealkylation sites (tertiary alicyclic amines) is 1. The first kappa shape index (κ1) is 15.5. The van der Waals surface area contributed by atoms with Gasteiger partial charge in [0.1, 0.15) is 11.5 Å². The molecule has 2 aromatic heterocycles. The van der Waals surface area contributed by atoms with Crippen molar-refractivity contribution in [3.05, 3.63) is 78.0 Å². The van der Waals surface area contributed by atoms with E-state index in [1.54, 1.807) is 52.3 Å². The van der Waals surface area contributed by atoms with E-state index in [1.807, 2.05) is 6.07 Å². The zero-order chi connectivity index (χ0) is 17.2. The van der Waals surface area contributed by atoms with Crippen molar-refractivity contribution < 1.29 is 9.18 Å². The SMILES string of the molecule is O=C(c1cccc(-n2cccn2)n1)N1CCCC1c1cccc(F)c1. The van der Waals surface area contributed by atoms with Crippen molar-refractivity contribution in [2.45, 2.75) is 18.9 Å². The van der Waals surface area contributed by atoms with Crippen LogP contribution in [0.1, 0.15) is 34.9 Å². The molecule has 126 valence electrons. The van der Waals surface area contributed by atoms with E-state index in [-0.39, 0.29) is 17.8 Å². The van der Waals surface area contributed by atoms with Crippen LogP contribution in [-0.4, -0.2) is 32.1 Å². The molecule has 5 nitrogen and oxygen atoms in total. The van der Waals surface area contributed by atoms with E-state index < -0.39 is 0 Å². The molecule has 1 unspecified atom stereocenters. The normalized spacial score (nSPS) is 17.0. The van der Waals surface area contributed by atoms with E-state index in [0.717, 1.165) is 18.4 Å². The Bertz CT molecular complexity index is 894. The molecular formula is C19H17FN4O. The van der Waals surface area contributed by atoms with Gasteiger partial charge in [-0.25, -0.2) is 14.1 Å². The Balaban J connectivity index is 1.63. The van der Waals surface area contributed by atoms with Gasteiger partial charge >= 0.3 is 0 Å². The van der Waals surface area contributed by atoms with Crippen molar-refractivity contribution in [3.63, 3.8) is 0 Å². The fourth-order valence-corrected chi connectivity index (χ4v) is 3.29. The lowest BCUT2D eigenvalue weighted by atomic mass is 10.0. The van der Waals surface area contributed by atoms with Crippen molar-refractivity contribution in [1.29, 1.82) is 0 Å². The number of amides is 1. The highest BCUT2D eigenvalue weighted by molar-refractivity contribution is 5.93. The number of carbonyl (C=O) groups is 1. The molecule has 4 rings (SSSR count). The van der Waals surface area contributed by atoms with Crippen molar-refractivity contribution in [3.8, 4) is 5.82 Å². The fraction of sp³-hybridized carbons (Fsp3) is 0.211. The van der Waals surface area contributed by atoms with Crippen LogP contribution in [0.25, 0.3) is 5.82 Å². The number of carbonyl (C=O) groups excluding carboxylic acids is 1. The molecule has 1 aromatic carbocycles. The maximum Gasteiger partial charge on any atom is 0.273 e. The van der Waals surface area contributed by atoms with E-state index >= 15 is 0 Å². The number of halogens is 1. The lowest BCUT2D eigenvalue weighted by Gasteiger charge is -2.25. The van der Waals surface area contributed by atoms with E-state index in [2.05, 4.69) is 10.1 Å². The first-order valence-electron chi connectivity index (χ1n) is 8.26. The van der Waals surface area contributed by atoms with Crippen LogP contribution in [0.2, 0.25) is 0 Å². The standard InChI is InChI=1S/C19H17FN4O/c20-15-6-1-5-14(13-15)17-8-3-11-23(17)19(25)16-7-2-9-18(22-16)24-12-4-10-21-24/h1-2,4-7,9-10,12-13,17H,3,8,11H2. The third-order valence-corrected chi connectivity index (χ3v) is 4.44. The van der Waals surface area contributed by atoms with E-state index in [0.29, 0.717) is 18.1 Å². The maximum atomic E-state index is 13.6. The highest BCUT2D eigenvalue weighted by Crippen LogP contribution is 2.33. The number of aromatic nitrogens is 3. The molecule has 25 heavy (non-hydrogen) atoms. The molecule has 0 spiro atoms. The van der Waals surface area contributed by atoms with E-state index in [1.165, 1.54) is 12.1 Å². The van der Waals surface area contributed by atoms with Gasteiger partial charge in [-0.3, -0.25) is 4.79 Å². The molecule has 1 amide bonds. The largest absolute Gasteiger partial charge is 0.330 e. The summed E-state index contributed by atoms with van der Waals surface area (Å²) in [7, 11) is 0. The molecule has 0 saturated carbocycles. The predicted octanol–water partition coefficient (Wildman–Crippen LogP) is 3.38. The topological polar surface area (TPSA) is 51.0 Å². The molecule has 1 fully saturated rings. The van der Waals surface area contributed by atoms with Crippen LogP contribution >= 0.6 is 0 Å². The van der Waals surface area contributed by atoms with Crippen LogP contribution in [0.4, 0.5) is 4.39 Å². The minimum absolute atomic E-state index is 0.113. The summed E-state index contributed by atoms with van der Waals surface area (Å²) in [5.74, 6) is 0.175. The van der Waals surface area contributed by atoms with Gasteiger partial charge in [0, 0.05) is 18.9 Å². The Morgan fingerprint density at radius 1 is 1.16 bits per heavy atom. The summed E-state index contributed by atoms with van der Waals surface area (Å²) >= 11 is 0. The molecule has 3 heterocycles. The Morgan fingerprint density at radius 3 is 2.84 bits per heavy atom. The molecule has 1 aliphatic rings. The summed E-state index contributed by atoms with van der Waals surface area (Å²) in [6.45, 7) is 0.647. The minimum Gasteiger partial charge on any atom is -0.330 e. The Morgan fingerprint density at radius 2 is 2.04 bits per heavy atom. The average Bonchev–Trinajstić information content (AvgIpc) is 3.33. The first-order valence-corrected chi connectivity index (χ1v) is 8.26. The Kier molecular flexibility index (Phi) is 4.01. The lowest BCUT2D eigenvalue weighted by Crippen LogP contribution is -2.31. The van der Waals surface area contributed by atoms with E-state index in [9.17, 15) is 9.18 Å². The van der Waals surface area contributed by atoms with Gasteiger partial charge in [0.25, 0.3) is 5.91 Å². The number of pyridine rings is 1. The van der Waals surface area contributed by atoms with Gasteiger partial charge in [-0.05, 0) is 48.7 Å². The van der Waals surface area contributed by atoms with Gasteiger partial charge < -0.3 is 4.90 Å². The van der Waals surface area contributed by atoms with Gasteiger partial charge in [0.15, 0.2) is 5.82 Å². The molecule has 1 saturated heterocycles. The molecule has 1 atom stereocenters. The summed E-state index contributed by atoms with van der Waals surface area (Å²) in [6.07, 6.45) is 5.17. The van der Waals surface area contributed by atoms with Crippen molar-refractivity contribution in [2.75, 3.05) is 6.54 Å². The van der Waals surface area contributed by atoms with Crippen LogP contribution < -0.4 is 0 Å². The third-order valence-electron chi connectivity index (χ3n) is 4.44. The summed E-state index contributed by atoms with van der Waals surface area (Å²) in [6, 6.07) is 13.5. The Hall–Kier alpha value is -3.02. The van der Waals surface area contributed by atoms with Crippen LogP contribution in [0.3, 0.4) is 0 Å². The maximum absolute atomic E-state index is 13.6. The van der Waals surface area contributed by atoms with E-state index in [4.69, 9.17) is 0 Å². The zero-order valence-corrected chi connectivity index (χ0v) is 13.5. The van der Waals surface area contributed by atoms with Crippen LogP contribution in [0.15, 0.2) is 60.9 Å². The van der Waals surface area contributed by atoms with Gasteiger partial charge in [0.2, 0.25) is 0 Å². The van der Waals surface area contributed by atoms with Crippen LogP contribution in [-0.2, 0) is 0 Å². The highest BCUT2D eigenvalue weighted by atomic mass is 19.1.